The van der Waals surface area contributed by atoms with E-state index >= 15 is 0 Å². The SMILES string of the molecule is CC1=NC(=S)N(n2c(CCl)nc3ccccc3c2=O)C(=O)C1N=Nc1cccc(Cl)c1O. The van der Waals surface area contributed by atoms with E-state index in [1.165, 1.54) is 12.1 Å². The lowest BCUT2D eigenvalue weighted by Crippen LogP contribution is -2.57. The number of hydrogen-bond donors (Lipinski definition) is 1. The van der Waals surface area contributed by atoms with Gasteiger partial charge in [0.1, 0.15) is 11.5 Å². The fourth-order valence-corrected chi connectivity index (χ4v) is 3.79. The average Bonchev–Trinajstić information content (AvgIpc) is 2.77. The first-order chi connectivity index (χ1) is 15.3. The lowest BCUT2D eigenvalue weighted by Gasteiger charge is -2.30. The number of carbonyl (C=O) groups excluding carboxylic acids is 1. The summed E-state index contributed by atoms with van der Waals surface area (Å²) < 4.78 is 1.01. The molecule has 1 atom stereocenters. The van der Waals surface area contributed by atoms with Crippen molar-refractivity contribution in [3.05, 3.63) is 63.7 Å². The van der Waals surface area contributed by atoms with Crippen LogP contribution >= 0.6 is 35.4 Å². The van der Waals surface area contributed by atoms with Gasteiger partial charge < -0.3 is 5.11 Å². The molecule has 12 heteroatoms. The van der Waals surface area contributed by atoms with Crippen LogP contribution < -0.4 is 10.6 Å². The molecule has 3 aromatic rings. The van der Waals surface area contributed by atoms with Crippen molar-refractivity contribution in [1.29, 1.82) is 0 Å². The number of fused-ring (bicyclic) bond motifs is 1. The second-order valence-corrected chi connectivity index (χ2v) is 7.75. The molecule has 162 valence electrons. The third-order valence-corrected chi connectivity index (χ3v) is 5.49. The Kier molecular flexibility index (Phi) is 6.00. The molecule has 0 spiro atoms. The van der Waals surface area contributed by atoms with Crippen molar-refractivity contribution in [2.75, 3.05) is 5.01 Å². The van der Waals surface area contributed by atoms with Gasteiger partial charge in [-0.1, -0.05) is 29.8 Å². The summed E-state index contributed by atoms with van der Waals surface area (Å²) >= 11 is 17.2. The van der Waals surface area contributed by atoms with E-state index in [1.54, 1.807) is 37.3 Å². The first-order valence-electron chi connectivity index (χ1n) is 9.22. The summed E-state index contributed by atoms with van der Waals surface area (Å²) in [5.41, 5.74) is 0.256. The summed E-state index contributed by atoms with van der Waals surface area (Å²) in [7, 11) is 0. The molecule has 9 nitrogen and oxygen atoms in total. The molecular formula is C20H14Cl2N6O3S. The van der Waals surface area contributed by atoms with Gasteiger partial charge in [-0.25, -0.2) is 9.98 Å². The predicted octanol–water partition coefficient (Wildman–Crippen LogP) is 3.87. The van der Waals surface area contributed by atoms with Crippen molar-refractivity contribution >= 4 is 68.7 Å². The third-order valence-electron chi connectivity index (χ3n) is 4.68. The van der Waals surface area contributed by atoms with E-state index in [4.69, 9.17) is 35.4 Å². The largest absolute Gasteiger partial charge is 0.504 e. The van der Waals surface area contributed by atoms with E-state index < -0.39 is 17.5 Å². The highest BCUT2D eigenvalue weighted by Gasteiger charge is 2.37. The minimum absolute atomic E-state index is 0.0729. The number of aromatic hydroxyl groups is 1. The number of rotatable bonds is 4. The van der Waals surface area contributed by atoms with Gasteiger partial charge >= 0.3 is 0 Å². The zero-order valence-corrected chi connectivity index (χ0v) is 18.8. The van der Waals surface area contributed by atoms with Crippen molar-refractivity contribution in [3.63, 3.8) is 0 Å². The highest BCUT2D eigenvalue weighted by atomic mass is 35.5. The van der Waals surface area contributed by atoms with Crippen molar-refractivity contribution in [2.24, 2.45) is 15.2 Å². The van der Waals surface area contributed by atoms with Gasteiger partial charge in [0.25, 0.3) is 11.5 Å². The Bertz CT molecular complexity index is 1390. The van der Waals surface area contributed by atoms with Crippen LogP contribution in [0.5, 0.6) is 5.75 Å². The van der Waals surface area contributed by atoms with E-state index in [1.807, 2.05) is 0 Å². The Morgan fingerprint density at radius 3 is 2.69 bits per heavy atom. The van der Waals surface area contributed by atoms with E-state index in [9.17, 15) is 14.7 Å². The molecule has 0 saturated carbocycles. The number of nitrogens with zero attached hydrogens (tertiary/aromatic N) is 6. The van der Waals surface area contributed by atoms with Crippen LogP contribution in [-0.2, 0) is 10.7 Å². The number of benzene rings is 2. The van der Waals surface area contributed by atoms with E-state index in [0.717, 1.165) is 9.69 Å². The molecule has 32 heavy (non-hydrogen) atoms. The van der Waals surface area contributed by atoms with Crippen LogP contribution in [0.1, 0.15) is 12.7 Å². The van der Waals surface area contributed by atoms with Gasteiger partial charge in [0.15, 0.2) is 11.8 Å². The molecule has 2 aromatic carbocycles. The molecule has 1 aliphatic rings. The summed E-state index contributed by atoms with van der Waals surface area (Å²) in [6, 6.07) is 10.0. The number of thiocarbonyl (C=S) groups is 1. The normalized spacial score (nSPS) is 16.8. The first kappa shape index (κ1) is 22.0. The lowest BCUT2D eigenvalue weighted by atomic mass is 10.1. The molecule has 1 amide bonds. The van der Waals surface area contributed by atoms with Gasteiger partial charge in [0.2, 0.25) is 5.11 Å². The maximum atomic E-state index is 13.4. The molecule has 4 rings (SSSR count). The third kappa shape index (κ3) is 3.77. The van der Waals surface area contributed by atoms with Crippen LogP contribution in [0.15, 0.2) is 62.5 Å². The summed E-state index contributed by atoms with van der Waals surface area (Å²) in [6.07, 6.45) is 0. The average molecular weight is 489 g/mol. The second kappa shape index (κ2) is 8.73. The Hall–Kier alpha value is -3.21. The van der Waals surface area contributed by atoms with Crippen LogP contribution in [-0.4, -0.2) is 37.5 Å². The van der Waals surface area contributed by atoms with Crippen LogP contribution in [0.2, 0.25) is 5.02 Å². The van der Waals surface area contributed by atoms with Gasteiger partial charge in [-0.05, 0) is 43.4 Å². The van der Waals surface area contributed by atoms with Gasteiger partial charge in [0.05, 0.1) is 27.5 Å². The fraction of sp³-hybridized carbons (Fsp3) is 0.150. The molecule has 1 N–H and O–H groups in total. The minimum atomic E-state index is -1.19. The maximum absolute atomic E-state index is 13.4. The summed E-state index contributed by atoms with van der Waals surface area (Å²) in [6.45, 7) is 1.56. The van der Waals surface area contributed by atoms with Gasteiger partial charge in [-0.2, -0.15) is 19.9 Å². The van der Waals surface area contributed by atoms with Crippen molar-refractivity contribution in [3.8, 4) is 5.75 Å². The summed E-state index contributed by atoms with van der Waals surface area (Å²) in [4.78, 5) is 35.2. The lowest BCUT2D eigenvalue weighted by molar-refractivity contribution is -0.119. The Balaban J connectivity index is 1.82. The molecule has 1 aromatic heterocycles. The van der Waals surface area contributed by atoms with Gasteiger partial charge in [-0.15, -0.1) is 11.6 Å². The smallest absolute Gasteiger partial charge is 0.280 e. The summed E-state index contributed by atoms with van der Waals surface area (Å²) in [5, 5.41) is 19.1. The molecular weight excluding hydrogens is 475 g/mol. The number of para-hydroxylation sites is 2. The zero-order chi connectivity index (χ0) is 23.0. The molecule has 0 radical (unpaired) electrons. The van der Waals surface area contributed by atoms with Crippen LogP contribution in [0.25, 0.3) is 10.9 Å². The maximum Gasteiger partial charge on any atom is 0.280 e. The molecule has 0 saturated heterocycles. The standard InChI is InChI=1S/C20H14Cl2N6O3S/c1-10-16(26-25-14-8-4-6-12(22)17(14)29)19(31)28(20(32)23-10)27-15(9-21)24-13-7-3-2-5-11(13)18(27)30/h2-8,16,29H,9H2,1H3. The number of azo groups is 1. The van der Waals surface area contributed by atoms with Crippen LogP contribution in [0.3, 0.4) is 0 Å². The monoisotopic (exact) mass is 488 g/mol. The van der Waals surface area contributed by atoms with Crippen LogP contribution in [0, 0.1) is 0 Å². The zero-order valence-electron chi connectivity index (χ0n) is 16.4. The Labute approximate surface area is 196 Å². The van der Waals surface area contributed by atoms with Gasteiger partial charge in [0, 0.05) is 0 Å². The molecule has 0 aliphatic carbocycles. The highest BCUT2D eigenvalue weighted by molar-refractivity contribution is 7.80. The number of hydrogen-bond acceptors (Lipinski definition) is 7. The topological polar surface area (TPSA) is 113 Å². The predicted molar refractivity (Wildman–Crippen MR) is 126 cm³/mol. The van der Waals surface area contributed by atoms with E-state index in [0.29, 0.717) is 5.52 Å². The van der Waals surface area contributed by atoms with Crippen molar-refractivity contribution in [1.82, 2.24) is 9.66 Å². The fourth-order valence-electron chi connectivity index (χ4n) is 3.13. The van der Waals surface area contributed by atoms with E-state index in [-0.39, 0.29) is 44.4 Å². The second-order valence-electron chi connectivity index (χ2n) is 6.71. The van der Waals surface area contributed by atoms with Crippen molar-refractivity contribution < 1.29 is 9.90 Å². The number of halogens is 2. The number of amides is 1. The number of phenols is 1. The van der Waals surface area contributed by atoms with Crippen molar-refractivity contribution in [2.45, 2.75) is 18.8 Å². The number of aliphatic imine (C=N–C) groups is 1. The van der Waals surface area contributed by atoms with Crippen LogP contribution in [0.4, 0.5) is 5.69 Å². The quantitative estimate of drug-likeness (QED) is 0.340. The molecule has 0 fully saturated rings. The number of phenolic OH excluding ortho intramolecular Hbond substituents is 1. The van der Waals surface area contributed by atoms with E-state index in [2.05, 4.69) is 20.2 Å². The molecule has 1 unspecified atom stereocenters. The van der Waals surface area contributed by atoms with Gasteiger partial charge in [-0.3, -0.25) is 9.59 Å². The first-order valence-corrected chi connectivity index (χ1v) is 10.5. The number of aromatic nitrogens is 2. The highest BCUT2D eigenvalue weighted by Crippen LogP contribution is 2.34. The minimum Gasteiger partial charge on any atom is -0.504 e. The Morgan fingerprint density at radius 1 is 1.19 bits per heavy atom. The number of carbonyl (C=O) groups is 1. The molecule has 2 heterocycles. The molecule has 1 aliphatic heterocycles. The Morgan fingerprint density at radius 2 is 1.94 bits per heavy atom. The number of alkyl halides is 1. The summed E-state index contributed by atoms with van der Waals surface area (Å²) in [5.74, 6) is -0.984. The molecule has 0 bridgehead atoms.